The number of hydrogen-bond acceptors (Lipinski definition) is 10. The Morgan fingerprint density at radius 2 is 1.65 bits per heavy atom. The highest BCUT2D eigenvalue weighted by molar-refractivity contribution is 7.93. The van der Waals surface area contributed by atoms with E-state index in [0.717, 1.165) is 56.4 Å². The van der Waals surface area contributed by atoms with Crippen molar-refractivity contribution in [1.29, 1.82) is 0 Å². The van der Waals surface area contributed by atoms with Gasteiger partial charge in [0, 0.05) is 50.1 Å². The molecule has 1 unspecified atom stereocenters. The first-order valence-electron chi connectivity index (χ1n) is 16.4. The van der Waals surface area contributed by atoms with Gasteiger partial charge in [0.1, 0.15) is 12.4 Å². The number of rotatable bonds is 14. The zero-order valence-corrected chi connectivity index (χ0v) is 29.7. The summed E-state index contributed by atoms with van der Waals surface area (Å²) in [6.07, 6.45) is 4.72. The average Bonchev–Trinajstić information content (AvgIpc) is 3.18. The van der Waals surface area contributed by atoms with Crippen LogP contribution in [0, 0.1) is 0 Å². The smallest absolute Gasteiger partial charge is 0.265 e. The van der Waals surface area contributed by atoms with Gasteiger partial charge in [0.25, 0.3) is 16.0 Å². The molecule has 3 aromatic rings. The van der Waals surface area contributed by atoms with Gasteiger partial charge in [0.2, 0.25) is 9.84 Å². The molecule has 0 saturated carbocycles. The maximum absolute atomic E-state index is 13.7. The van der Waals surface area contributed by atoms with Gasteiger partial charge < -0.3 is 19.5 Å². The predicted molar refractivity (Wildman–Crippen MR) is 188 cm³/mol. The summed E-state index contributed by atoms with van der Waals surface area (Å²) < 4.78 is 73.5. The molecular weight excluding hydrogens is 669 g/mol. The first-order chi connectivity index (χ1) is 23.4. The molecule has 11 nitrogen and oxygen atoms in total. The van der Waals surface area contributed by atoms with Gasteiger partial charge >= 0.3 is 0 Å². The molecule has 1 fully saturated rings. The molecule has 1 atom stereocenters. The maximum atomic E-state index is 13.7. The van der Waals surface area contributed by atoms with Gasteiger partial charge in [-0.15, -0.1) is 0 Å². The van der Waals surface area contributed by atoms with Crippen LogP contribution in [-0.4, -0.2) is 85.5 Å². The zero-order valence-electron chi connectivity index (χ0n) is 28.1. The summed E-state index contributed by atoms with van der Waals surface area (Å²) in [5, 5.41) is 2.85. The normalized spacial score (nSPS) is 18.0. The van der Waals surface area contributed by atoms with Crippen molar-refractivity contribution in [2.24, 2.45) is 0 Å². The summed E-state index contributed by atoms with van der Waals surface area (Å²) in [5.41, 5.74) is 1.59. The molecule has 0 aromatic heterocycles. The Bertz CT molecular complexity index is 1840. The highest BCUT2D eigenvalue weighted by Gasteiger charge is 2.37. The van der Waals surface area contributed by atoms with Crippen molar-refractivity contribution in [3.05, 3.63) is 83.4 Å². The number of amides is 1. The first kappa shape index (κ1) is 36.7. The van der Waals surface area contributed by atoms with E-state index >= 15 is 0 Å². The second kappa shape index (κ2) is 16.4. The fourth-order valence-corrected chi connectivity index (χ4v) is 8.56. The van der Waals surface area contributed by atoms with Crippen molar-refractivity contribution >= 4 is 37.6 Å². The molecule has 13 heteroatoms. The summed E-state index contributed by atoms with van der Waals surface area (Å²) >= 11 is 0. The molecule has 1 saturated heterocycles. The third-order valence-corrected chi connectivity index (χ3v) is 11.1. The number of ether oxygens (including phenoxy) is 3. The summed E-state index contributed by atoms with van der Waals surface area (Å²) in [6, 6.07) is 20.0. The van der Waals surface area contributed by atoms with Gasteiger partial charge in [-0.2, -0.15) is 8.42 Å². The maximum Gasteiger partial charge on any atom is 0.265 e. The number of hydrogen-bond donors (Lipinski definition) is 1. The van der Waals surface area contributed by atoms with E-state index in [0.29, 0.717) is 42.9 Å². The Hall–Kier alpha value is -3.59. The molecule has 0 bridgehead atoms. The third kappa shape index (κ3) is 9.99. The second-order valence-corrected chi connectivity index (χ2v) is 16.0. The van der Waals surface area contributed by atoms with Gasteiger partial charge in [-0.3, -0.25) is 9.69 Å². The number of anilines is 1. The van der Waals surface area contributed by atoms with Crippen LogP contribution in [-0.2, 0) is 45.0 Å². The van der Waals surface area contributed by atoms with Gasteiger partial charge in [0.15, 0.2) is 5.44 Å². The van der Waals surface area contributed by atoms with Crippen molar-refractivity contribution in [3.8, 4) is 16.9 Å². The van der Waals surface area contributed by atoms with Crippen LogP contribution in [0.3, 0.4) is 0 Å². The van der Waals surface area contributed by atoms with Gasteiger partial charge in [-0.05, 0) is 91.0 Å². The van der Waals surface area contributed by atoms with Crippen molar-refractivity contribution in [2.75, 3.05) is 51.7 Å². The number of carbonyl (C=O) groups excluding carboxylic acids is 1. The van der Waals surface area contributed by atoms with E-state index in [1.165, 1.54) is 12.1 Å². The van der Waals surface area contributed by atoms with Crippen molar-refractivity contribution in [1.82, 2.24) is 4.90 Å². The largest absolute Gasteiger partial charge is 0.491 e. The van der Waals surface area contributed by atoms with Crippen LogP contribution in [0.4, 0.5) is 5.69 Å². The lowest BCUT2D eigenvalue weighted by Crippen LogP contribution is -2.36. The molecular formula is C36H44N2O9S2. The highest BCUT2D eigenvalue weighted by atomic mass is 32.2. The number of carbonyl (C=O) groups is 1. The van der Waals surface area contributed by atoms with E-state index in [1.54, 1.807) is 24.3 Å². The van der Waals surface area contributed by atoms with Crippen molar-refractivity contribution < 1.29 is 40.0 Å². The Kier molecular flexibility index (Phi) is 12.3. The number of benzene rings is 3. The highest BCUT2D eigenvalue weighted by Crippen LogP contribution is 2.35. The fraction of sp³-hybridized carbons (Fsp3) is 0.417. The quantitative estimate of drug-likeness (QED) is 0.174. The number of sulfone groups is 1. The molecule has 2 aliphatic rings. The number of nitrogens with zero attached hydrogens (tertiary/aromatic N) is 1. The Morgan fingerprint density at radius 1 is 0.959 bits per heavy atom. The molecule has 2 aliphatic heterocycles. The van der Waals surface area contributed by atoms with Gasteiger partial charge in [-0.25, -0.2) is 12.6 Å². The molecule has 3 aromatic carbocycles. The molecule has 2 heterocycles. The van der Waals surface area contributed by atoms with E-state index in [2.05, 4.69) is 17.3 Å². The molecule has 5 rings (SSSR count). The van der Waals surface area contributed by atoms with E-state index in [4.69, 9.17) is 18.4 Å². The summed E-state index contributed by atoms with van der Waals surface area (Å²) in [6.45, 7) is 5.89. The van der Waals surface area contributed by atoms with E-state index in [1.807, 2.05) is 43.3 Å². The first-order valence-corrected chi connectivity index (χ1v) is 19.8. The van der Waals surface area contributed by atoms with E-state index in [-0.39, 0.29) is 16.0 Å². The van der Waals surface area contributed by atoms with Gasteiger partial charge in [0.05, 0.1) is 17.8 Å². The van der Waals surface area contributed by atoms with Crippen molar-refractivity contribution in [3.63, 3.8) is 0 Å². The Balaban J connectivity index is 1.36. The van der Waals surface area contributed by atoms with Crippen LogP contribution in [0.1, 0.15) is 43.7 Å². The SMILES string of the molecule is CCCOCCOc1ccc(-c2ccc3c(c2)C=C(C(=O)Nc2ccc(CN(C)C4CCOCC4)cc2)CC(OS(C)(=O)=O)S3(=O)=O)cc1. The van der Waals surface area contributed by atoms with Crippen LogP contribution in [0.5, 0.6) is 5.75 Å². The summed E-state index contributed by atoms with van der Waals surface area (Å²) in [4.78, 5) is 15.8. The molecule has 49 heavy (non-hydrogen) atoms. The van der Waals surface area contributed by atoms with Crippen LogP contribution in [0.25, 0.3) is 17.2 Å². The van der Waals surface area contributed by atoms with Crippen LogP contribution >= 0.6 is 0 Å². The molecule has 0 aliphatic carbocycles. The average molecular weight is 713 g/mol. The molecule has 0 spiro atoms. The van der Waals surface area contributed by atoms with Gasteiger partial charge in [-0.1, -0.05) is 37.3 Å². The third-order valence-electron chi connectivity index (χ3n) is 8.44. The predicted octanol–water partition coefficient (Wildman–Crippen LogP) is 5.27. The Morgan fingerprint density at radius 3 is 2.33 bits per heavy atom. The lowest BCUT2D eigenvalue weighted by atomic mass is 10.0. The second-order valence-electron chi connectivity index (χ2n) is 12.3. The summed E-state index contributed by atoms with van der Waals surface area (Å²) in [7, 11) is -6.41. The van der Waals surface area contributed by atoms with Crippen LogP contribution < -0.4 is 10.1 Å². The molecule has 264 valence electrons. The van der Waals surface area contributed by atoms with E-state index in [9.17, 15) is 21.6 Å². The summed E-state index contributed by atoms with van der Waals surface area (Å²) in [5.74, 6) is 0.104. The minimum atomic E-state index is -4.32. The van der Waals surface area contributed by atoms with E-state index < -0.39 is 37.7 Å². The standard InChI is InChI=1S/C36H44N2O9S2/c1-4-17-44-20-21-46-33-12-7-27(8-13-33)28-9-14-34-29(22-28)23-30(24-35(49(34,42)43)47-48(3,40)41)36(39)37-31-10-5-26(6-11-31)25-38(2)32-15-18-45-19-16-32/h5-14,22-23,32,35H,4,15-21,24-25H2,1-3H3,(H,37,39). The minimum absolute atomic E-state index is 0.0606. The van der Waals surface area contributed by atoms with Crippen LogP contribution in [0.2, 0.25) is 0 Å². The number of nitrogens with one attached hydrogen (secondary N) is 1. The zero-order chi connectivity index (χ0) is 35.0. The molecule has 1 amide bonds. The lowest BCUT2D eigenvalue weighted by Gasteiger charge is -2.31. The Labute approximate surface area is 289 Å². The monoisotopic (exact) mass is 712 g/mol. The minimum Gasteiger partial charge on any atom is -0.491 e. The lowest BCUT2D eigenvalue weighted by molar-refractivity contribution is -0.113. The molecule has 1 N–H and O–H groups in total. The topological polar surface area (TPSA) is 138 Å². The number of fused-ring (bicyclic) bond motifs is 1. The van der Waals surface area contributed by atoms with Crippen molar-refractivity contribution in [2.45, 2.75) is 55.5 Å². The fourth-order valence-electron chi connectivity index (χ4n) is 5.87. The van der Waals surface area contributed by atoms with Crippen LogP contribution in [0.15, 0.2) is 77.2 Å². The molecule has 0 radical (unpaired) electrons.